The van der Waals surface area contributed by atoms with Gasteiger partial charge in [-0.15, -0.1) is 0 Å². The van der Waals surface area contributed by atoms with Gasteiger partial charge in [0.1, 0.15) is 0 Å². The summed E-state index contributed by atoms with van der Waals surface area (Å²) in [6.07, 6.45) is 0. The maximum absolute atomic E-state index is 2.42. The van der Waals surface area contributed by atoms with E-state index in [1.165, 1.54) is 87.7 Å². The fourth-order valence-electron chi connectivity index (χ4n) is 8.68. The zero-order valence-corrected chi connectivity index (χ0v) is 28.7. The average molecular weight is 664 g/mol. The summed E-state index contributed by atoms with van der Waals surface area (Å²) in [5.41, 5.74) is 14.5. The summed E-state index contributed by atoms with van der Waals surface area (Å²) < 4.78 is 7.14. The molecule has 0 atom stereocenters. The summed E-state index contributed by atoms with van der Waals surface area (Å²) >= 11 is 0. The third-order valence-corrected chi connectivity index (χ3v) is 11.1. The lowest BCUT2D eigenvalue weighted by Crippen LogP contribution is -1.94. The quantitative estimate of drug-likeness (QED) is 0.178. The van der Waals surface area contributed by atoms with Crippen molar-refractivity contribution in [3.8, 4) is 33.6 Å². The second kappa shape index (κ2) is 11.1. The van der Waals surface area contributed by atoms with Gasteiger partial charge in [0.15, 0.2) is 0 Å². The first kappa shape index (κ1) is 28.9. The molecule has 3 heteroatoms. The number of nitrogens with zero attached hydrogens (tertiary/aromatic N) is 3. The van der Waals surface area contributed by atoms with Gasteiger partial charge in [-0.25, -0.2) is 0 Å². The molecule has 0 spiro atoms. The zero-order chi connectivity index (χ0) is 34.3. The van der Waals surface area contributed by atoms with Gasteiger partial charge in [-0.1, -0.05) is 115 Å². The van der Waals surface area contributed by atoms with E-state index in [0.29, 0.717) is 0 Å². The fraction of sp³-hybridized carbons (Fsp3) is 0.0204. The minimum absolute atomic E-state index is 1.16. The summed E-state index contributed by atoms with van der Waals surface area (Å²) in [6, 6.07) is 66.6. The van der Waals surface area contributed by atoms with E-state index in [0.717, 1.165) is 11.4 Å². The van der Waals surface area contributed by atoms with E-state index < -0.39 is 0 Å². The topological polar surface area (TPSA) is 14.8 Å². The molecular weight excluding hydrogens is 631 g/mol. The summed E-state index contributed by atoms with van der Waals surface area (Å²) in [6.45, 7) is 0. The Morgan fingerprint density at radius 2 is 0.808 bits per heavy atom. The molecule has 8 aromatic carbocycles. The Labute approximate surface area is 300 Å². The number of aryl methyl sites for hydroxylation is 1. The van der Waals surface area contributed by atoms with Gasteiger partial charge in [0, 0.05) is 61.8 Å². The Kier molecular flexibility index (Phi) is 6.17. The molecule has 3 aromatic heterocycles. The van der Waals surface area contributed by atoms with Crippen LogP contribution in [0, 0.1) is 0 Å². The molecule has 0 saturated heterocycles. The second-order valence-electron chi connectivity index (χ2n) is 13.8. The normalized spacial score (nSPS) is 11.9. The average Bonchev–Trinajstić information content (AvgIpc) is 3.83. The van der Waals surface area contributed by atoms with Crippen LogP contribution < -0.4 is 0 Å². The molecule has 0 fully saturated rings. The highest BCUT2D eigenvalue weighted by molar-refractivity contribution is 6.18. The van der Waals surface area contributed by atoms with E-state index in [1.807, 2.05) is 0 Å². The van der Waals surface area contributed by atoms with Crippen LogP contribution >= 0.6 is 0 Å². The summed E-state index contributed by atoms with van der Waals surface area (Å²) in [5.74, 6) is 0. The molecule has 11 aromatic rings. The van der Waals surface area contributed by atoms with Gasteiger partial charge >= 0.3 is 0 Å². The van der Waals surface area contributed by atoms with Crippen molar-refractivity contribution in [3.05, 3.63) is 182 Å². The zero-order valence-electron chi connectivity index (χ0n) is 28.7. The van der Waals surface area contributed by atoms with E-state index in [2.05, 4.69) is 203 Å². The first-order valence-electron chi connectivity index (χ1n) is 17.9. The predicted molar refractivity (Wildman–Crippen MR) is 220 cm³/mol. The fourth-order valence-corrected chi connectivity index (χ4v) is 8.68. The third-order valence-electron chi connectivity index (χ3n) is 11.1. The van der Waals surface area contributed by atoms with Crippen LogP contribution in [0.5, 0.6) is 0 Å². The maximum Gasteiger partial charge on any atom is 0.0547 e. The van der Waals surface area contributed by atoms with Gasteiger partial charge in [0.05, 0.1) is 22.1 Å². The standard InChI is InChI=1S/C49H33N3/c1-50-43-20-10-8-17-38(43)40-26-23-33(30-47(40)50)32-25-28-45-42(29-32)49-37(19-12-22-46(49)51(45)35-13-4-2-5-14-35)34-24-27-41-39-18-9-11-21-44(39)52(48(41)31-34)36-15-6-3-7-16-36/h2-31H,1H3. The summed E-state index contributed by atoms with van der Waals surface area (Å²) in [5, 5.41) is 7.60. The van der Waals surface area contributed by atoms with Crippen molar-refractivity contribution in [3.63, 3.8) is 0 Å². The van der Waals surface area contributed by atoms with E-state index in [1.54, 1.807) is 0 Å². The highest BCUT2D eigenvalue weighted by atomic mass is 15.0. The van der Waals surface area contributed by atoms with Crippen molar-refractivity contribution in [1.29, 1.82) is 0 Å². The Morgan fingerprint density at radius 3 is 1.56 bits per heavy atom. The van der Waals surface area contributed by atoms with Crippen LogP contribution in [0.4, 0.5) is 0 Å². The van der Waals surface area contributed by atoms with Gasteiger partial charge in [0.25, 0.3) is 0 Å². The molecule has 11 rings (SSSR count). The molecule has 244 valence electrons. The monoisotopic (exact) mass is 663 g/mol. The number of fused-ring (bicyclic) bond motifs is 9. The maximum atomic E-state index is 2.42. The van der Waals surface area contributed by atoms with E-state index in [9.17, 15) is 0 Å². The molecule has 0 aliphatic rings. The van der Waals surface area contributed by atoms with E-state index in [-0.39, 0.29) is 0 Å². The lowest BCUT2D eigenvalue weighted by Gasteiger charge is -2.10. The molecule has 0 radical (unpaired) electrons. The highest BCUT2D eigenvalue weighted by Crippen LogP contribution is 2.42. The minimum atomic E-state index is 1.16. The largest absolute Gasteiger partial charge is 0.344 e. The van der Waals surface area contributed by atoms with Crippen molar-refractivity contribution in [1.82, 2.24) is 13.7 Å². The van der Waals surface area contributed by atoms with Crippen LogP contribution in [0.3, 0.4) is 0 Å². The Bertz CT molecular complexity index is 3180. The van der Waals surface area contributed by atoms with Crippen LogP contribution in [0.15, 0.2) is 182 Å². The molecule has 0 N–H and O–H groups in total. The number of hydrogen-bond donors (Lipinski definition) is 0. The molecule has 0 saturated carbocycles. The second-order valence-corrected chi connectivity index (χ2v) is 13.8. The van der Waals surface area contributed by atoms with Crippen molar-refractivity contribution in [2.45, 2.75) is 0 Å². The number of aromatic nitrogens is 3. The molecule has 0 amide bonds. The Hall–Kier alpha value is -6.84. The van der Waals surface area contributed by atoms with Crippen molar-refractivity contribution < 1.29 is 0 Å². The number of para-hydroxylation sites is 4. The predicted octanol–water partition coefficient (Wildman–Crippen LogP) is 12.9. The molecule has 0 unspecified atom stereocenters. The number of hydrogen-bond acceptors (Lipinski definition) is 0. The van der Waals surface area contributed by atoms with Crippen LogP contribution in [-0.2, 0) is 7.05 Å². The van der Waals surface area contributed by atoms with Gasteiger partial charge in [-0.2, -0.15) is 0 Å². The van der Waals surface area contributed by atoms with Gasteiger partial charge in [-0.3, -0.25) is 0 Å². The highest BCUT2D eigenvalue weighted by Gasteiger charge is 2.19. The van der Waals surface area contributed by atoms with Crippen molar-refractivity contribution in [2.24, 2.45) is 7.05 Å². The number of benzene rings is 8. The third kappa shape index (κ3) is 4.14. The number of rotatable bonds is 4. The molecule has 0 bridgehead atoms. The van der Waals surface area contributed by atoms with Gasteiger partial charge in [0.2, 0.25) is 0 Å². The molecule has 52 heavy (non-hydrogen) atoms. The lowest BCUT2D eigenvalue weighted by atomic mass is 9.96. The molecule has 0 aliphatic heterocycles. The summed E-state index contributed by atoms with van der Waals surface area (Å²) in [7, 11) is 2.17. The SMILES string of the molecule is Cn1c2ccccc2c2ccc(-c3ccc4c(c3)c3c(-c5ccc6c7ccccc7n(-c7ccccc7)c6c5)cccc3n4-c3ccccc3)cc21. The van der Waals surface area contributed by atoms with Gasteiger partial charge < -0.3 is 13.7 Å². The van der Waals surface area contributed by atoms with Crippen LogP contribution in [0.25, 0.3) is 99.0 Å². The molecule has 3 heterocycles. The van der Waals surface area contributed by atoms with Crippen LogP contribution in [0.1, 0.15) is 0 Å². The van der Waals surface area contributed by atoms with Crippen LogP contribution in [-0.4, -0.2) is 13.7 Å². The minimum Gasteiger partial charge on any atom is -0.344 e. The smallest absolute Gasteiger partial charge is 0.0547 e. The first-order chi connectivity index (χ1) is 25.7. The van der Waals surface area contributed by atoms with Crippen LogP contribution in [0.2, 0.25) is 0 Å². The van der Waals surface area contributed by atoms with Gasteiger partial charge in [-0.05, 0) is 89.0 Å². The Balaban J connectivity index is 1.18. The lowest BCUT2D eigenvalue weighted by molar-refractivity contribution is 1.01. The van der Waals surface area contributed by atoms with E-state index in [4.69, 9.17) is 0 Å². The molecular formula is C49H33N3. The van der Waals surface area contributed by atoms with Crippen molar-refractivity contribution in [2.75, 3.05) is 0 Å². The Morgan fingerprint density at radius 1 is 0.308 bits per heavy atom. The summed E-state index contributed by atoms with van der Waals surface area (Å²) in [4.78, 5) is 0. The van der Waals surface area contributed by atoms with Crippen molar-refractivity contribution >= 4 is 65.4 Å². The first-order valence-corrected chi connectivity index (χ1v) is 17.9. The van der Waals surface area contributed by atoms with E-state index >= 15 is 0 Å². The molecule has 3 nitrogen and oxygen atoms in total. The molecule has 0 aliphatic carbocycles.